The normalized spacial score (nSPS) is 20.7. The summed E-state index contributed by atoms with van der Waals surface area (Å²) >= 11 is 0. The molecule has 0 saturated heterocycles. The van der Waals surface area contributed by atoms with Crippen molar-refractivity contribution in [2.24, 2.45) is 0 Å². The van der Waals surface area contributed by atoms with E-state index in [1.807, 2.05) is 12.1 Å². The molecule has 0 aliphatic carbocycles. The zero-order chi connectivity index (χ0) is 14.8. The van der Waals surface area contributed by atoms with Gasteiger partial charge in [0.1, 0.15) is 11.6 Å². The van der Waals surface area contributed by atoms with Crippen LogP contribution in [0.3, 0.4) is 0 Å². The van der Waals surface area contributed by atoms with Gasteiger partial charge in [-0.25, -0.2) is 8.78 Å². The van der Waals surface area contributed by atoms with E-state index in [2.05, 4.69) is 24.4 Å². The number of hydrogen-bond acceptors (Lipinski definition) is 1. The molecular formula is C18H19F2N. The molecule has 1 aliphatic heterocycles. The number of nitrogens with one attached hydrogen (secondary N) is 1. The first-order valence-electron chi connectivity index (χ1n) is 7.43. The van der Waals surface area contributed by atoms with Crippen LogP contribution in [0, 0.1) is 11.6 Å². The van der Waals surface area contributed by atoms with Gasteiger partial charge >= 0.3 is 0 Å². The molecule has 2 aromatic rings. The Morgan fingerprint density at radius 2 is 1.76 bits per heavy atom. The first-order chi connectivity index (χ1) is 10.1. The van der Waals surface area contributed by atoms with Gasteiger partial charge in [0.05, 0.1) is 0 Å². The van der Waals surface area contributed by atoms with Gasteiger partial charge in [0.15, 0.2) is 0 Å². The Balaban J connectivity index is 1.80. The third-order valence-electron chi connectivity index (χ3n) is 4.25. The van der Waals surface area contributed by atoms with Crippen molar-refractivity contribution in [2.45, 2.75) is 38.1 Å². The van der Waals surface area contributed by atoms with E-state index in [1.165, 1.54) is 23.8 Å². The molecule has 0 saturated carbocycles. The van der Waals surface area contributed by atoms with E-state index in [9.17, 15) is 8.78 Å². The van der Waals surface area contributed by atoms with Crippen LogP contribution in [-0.4, -0.2) is 6.04 Å². The van der Waals surface area contributed by atoms with Crippen molar-refractivity contribution < 1.29 is 8.78 Å². The highest BCUT2D eigenvalue weighted by atomic mass is 19.1. The number of rotatable bonds is 3. The van der Waals surface area contributed by atoms with Crippen molar-refractivity contribution in [1.29, 1.82) is 0 Å². The number of anilines is 1. The second kappa shape index (κ2) is 5.84. The van der Waals surface area contributed by atoms with Crippen LogP contribution in [0.5, 0.6) is 0 Å². The molecule has 0 aromatic heterocycles. The average molecular weight is 287 g/mol. The molecule has 0 amide bonds. The minimum atomic E-state index is -0.440. The largest absolute Gasteiger partial charge is 0.382 e. The fourth-order valence-corrected chi connectivity index (χ4v) is 3.23. The van der Waals surface area contributed by atoms with Gasteiger partial charge < -0.3 is 5.32 Å². The number of para-hydroxylation sites is 1. The molecule has 0 fully saturated rings. The predicted octanol–water partition coefficient (Wildman–Crippen LogP) is 4.89. The first kappa shape index (κ1) is 14.1. The SMILES string of the molecule is CC1CC(CCc2c(F)cccc2F)c2ccccc2N1. The fourth-order valence-electron chi connectivity index (χ4n) is 3.23. The molecule has 110 valence electrons. The highest BCUT2D eigenvalue weighted by molar-refractivity contribution is 5.55. The van der Waals surface area contributed by atoms with Gasteiger partial charge in [-0.05, 0) is 55.9 Å². The van der Waals surface area contributed by atoms with E-state index in [0.717, 1.165) is 18.5 Å². The third kappa shape index (κ3) is 2.92. The van der Waals surface area contributed by atoms with Gasteiger partial charge in [0.25, 0.3) is 0 Å². The second-order valence-corrected chi connectivity index (χ2v) is 5.80. The van der Waals surface area contributed by atoms with E-state index >= 15 is 0 Å². The lowest BCUT2D eigenvalue weighted by atomic mass is 9.83. The Morgan fingerprint density at radius 1 is 1.05 bits per heavy atom. The molecule has 1 N–H and O–H groups in total. The molecule has 0 spiro atoms. The Kier molecular flexibility index (Phi) is 3.91. The van der Waals surface area contributed by atoms with Crippen LogP contribution in [0.25, 0.3) is 0 Å². The van der Waals surface area contributed by atoms with E-state index in [-0.39, 0.29) is 5.56 Å². The summed E-state index contributed by atoms with van der Waals surface area (Å²) in [6, 6.07) is 12.7. The lowest BCUT2D eigenvalue weighted by Gasteiger charge is -2.31. The van der Waals surface area contributed by atoms with Gasteiger partial charge in [-0.15, -0.1) is 0 Å². The molecule has 3 heteroatoms. The molecule has 2 atom stereocenters. The summed E-state index contributed by atoms with van der Waals surface area (Å²) in [6.07, 6.45) is 2.19. The summed E-state index contributed by atoms with van der Waals surface area (Å²) in [4.78, 5) is 0. The van der Waals surface area contributed by atoms with Crippen LogP contribution in [0.4, 0.5) is 14.5 Å². The highest BCUT2D eigenvalue weighted by Crippen LogP contribution is 2.37. The zero-order valence-electron chi connectivity index (χ0n) is 12.1. The van der Waals surface area contributed by atoms with E-state index < -0.39 is 11.6 Å². The van der Waals surface area contributed by atoms with Crippen molar-refractivity contribution in [1.82, 2.24) is 0 Å². The molecule has 21 heavy (non-hydrogen) atoms. The first-order valence-corrected chi connectivity index (χ1v) is 7.43. The Bertz CT molecular complexity index is 619. The zero-order valence-corrected chi connectivity index (χ0v) is 12.1. The fraction of sp³-hybridized carbons (Fsp3) is 0.333. The van der Waals surface area contributed by atoms with Crippen molar-refractivity contribution in [3.05, 3.63) is 65.2 Å². The topological polar surface area (TPSA) is 12.0 Å². The van der Waals surface area contributed by atoms with Gasteiger partial charge in [0, 0.05) is 17.3 Å². The van der Waals surface area contributed by atoms with Gasteiger partial charge in [-0.1, -0.05) is 24.3 Å². The third-order valence-corrected chi connectivity index (χ3v) is 4.25. The number of fused-ring (bicyclic) bond motifs is 1. The molecular weight excluding hydrogens is 268 g/mol. The van der Waals surface area contributed by atoms with Crippen LogP contribution in [0.1, 0.15) is 36.8 Å². The number of hydrogen-bond donors (Lipinski definition) is 1. The summed E-state index contributed by atoms with van der Waals surface area (Å²) in [6.45, 7) is 2.15. The van der Waals surface area contributed by atoms with Gasteiger partial charge in [-0.3, -0.25) is 0 Å². The van der Waals surface area contributed by atoms with Crippen LogP contribution in [-0.2, 0) is 6.42 Å². The lowest BCUT2D eigenvalue weighted by Crippen LogP contribution is -2.25. The summed E-state index contributed by atoms with van der Waals surface area (Å²) in [5.41, 5.74) is 2.61. The number of halogens is 2. The van der Waals surface area contributed by atoms with E-state index in [0.29, 0.717) is 18.4 Å². The van der Waals surface area contributed by atoms with Crippen LogP contribution >= 0.6 is 0 Å². The summed E-state index contributed by atoms with van der Waals surface area (Å²) in [5.74, 6) is -0.535. The summed E-state index contributed by atoms with van der Waals surface area (Å²) < 4.78 is 27.4. The lowest BCUT2D eigenvalue weighted by molar-refractivity contribution is 0.498. The summed E-state index contributed by atoms with van der Waals surface area (Å²) in [7, 11) is 0. The van der Waals surface area contributed by atoms with Gasteiger partial charge in [-0.2, -0.15) is 0 Å². The van der Waals surface area contributed by atoms with Crippen molar-refractivity contribution >= 4 is 5.69 Å². The molecule has 1 heterocycles. The van der Waals surface area contributed by atoms with E-state index in [1.54, 1.807) is 0 Å². The molecule has 2 unspecified atom stereocenters. The maximum Gasteiger partial charge on any atom is 0.129 e. The molecule has 2 aromatic carbocycles. The standard InChI is InChI=1S/C18H19F2N/c1-12-11-13(14-5-2-3-8-18(14)21-12)9-10-15-16(19)6-4-7-17(15)20/h2-8,12-13,21H,9-11H2,1H3. The predicted molar refractivity (Wildman–Crippen MR) is 81.6 cm³/mol. The minimum Gasteiger partial charge on any atom is -0.382 e. The molecule has 0 bridgehead atoms. The Labute approximate surface area is 124 Å². The maximum absolute atomic E-state index is 13.7. The maximum atomic E-state index is 13.7. The monoisotopic (exact) mass is 287 g/mol. The van der Waals surface area contributed by atoms with Gasteiger partial charge in [0.2, 0.25) is 0 Å². The van der Waals surface area contributed by atoms with Crippen molar-refractivity contribution in [3.63, 3.8) is 0 Å². The number of benzene rings is 2. The van der Waals surface area contributed by atoms with Crippen molar-refractivity contribution in [2.75, 3.05) is 5.32 Å². The quantitative estimate of drug-likeness (QED) is 0.848. The average Bonchev–Trinajstić information content (AvgIpc) is 2.46. The van der Waals surface area contributed by atoms with E-state index in [4.69, 9.17) is 0 Å². The summed E-state index contributed by atoms with van der Waals surface area (Å²) in [5, 5.41) is 3.46. The van der Waals surface area contributed by atoms with Crippen LogP contribution < -0.4 is 5.32 Å². The molecule has 0 radical (unpaired) electrons. The molecule has 1 nitrogen and oxygen atoms in total. The Hall–Kier alpha value is -1.90. The smallest absolute Gasteiger partial charge is 0.129 e. The second-order valence-electron chi connectivity index (χ2n) is 5.80. The highest BCUT2D eigenvalue weighted by Gasteiger charge is 2.24. The minimum absolute atomic E-state index is 0.209. The Morgan fingerprint density at radius 3 is 2.52 bits per heavy atom. The van der Waals surface area contributed by atoms with Crippen molar-refractivity contribution in [3.8, 4) is 0 Å². The molecule has 1 aliphatic rings. The molecule has 3 rings (SSSR count). The van der Waals surface area contributed by atoms with Crippen LogP contribution in [0.15, 0.2) is 42.5 Å². The van der Waals surface area contributed by atoms with Crippen LogP contribution in [0.2, 0.25) is 0 Å².